The van der Waals surface area contributed by atoms with Gasteiger partial charge in [-0.25, -0.2) is 4.39 Å². The predicted molar refractivity (Wildman–Crippen MR) is 165 cm³/mol. The minimum absolute atomic E-state index is 0.517. The van der Waals surface area contributed by atoms with Crippen molar-refractivity contribution in [3.63, 3.8) is 0 Å². The summed E-state index contributed by atoms with van der Waals surface area (Å²) in [5, 5.41) is 2.02. The molecule has 0 radical (unpaired) electrons. The number of alkyl halides is 1. The predicted octanol–water partition coefficient (Wildman–Crippen LogP) is 7.03. The zero-order valence-electron chi connectivity index (χ0n) is 23.0. The van der Waals surface area contributed by atoms with Crippen LogP contribution in [0.5, 0.6) is 5.75 Å². The smallest absolute Gasteiger partial charge is 0.228 e. The summed E-state index contributed by atoms with van der Waals surface area (Å²) < 4.78 is 19.9. The van der Waals surface area contributed by atoms with Crippen molar-refractivity contribution in [2.24, 2.45) is 5.73 Å². The van der Waals surface area contributed by atoms with Crippen molar-refractivity contribution in [3.8, 4) is 22.6 Å². The van der Waals surface area contributed by atoms with Crippen LogP contribution in [-0.4, -0.2) is 47.4 Å². The Bertz CT molecular complexity index is 1610. The highest BCUT2D eigenvalue weighted by atomic mass is 35.5. The summed E-state index contributed by atoms with van der Waals surface area (Å²) in [5.41, 5.74) is 13.8. The Labute approximate surface area is 245 Å². The van der Waals surface area contributed by atoms with E-state index in [1.54, 1.807) is 0 Å². The molecule has 5 nitrogen and oxygen atoms in total. The Morgan fingerprint density at radius 3 is 2.15 bits per heavy atom. The van der Waals surface area contributed by atoms with Crippen LogP contribution in [0.1, 0.15) is 16.7 Å². The van der Waals surface area contributed by atoms with E-state index in [9.17, 15) is 4.39 Å². The maximum absolute atomic E-state index is 12.7. The Morgan fingerprint density at radius 2 is 1.46 bits per heavy atom. The lowest BCUT2D eigenvalue weighted by Gasteiger charge is -2.35. The molecular formula is C34H34ClFN4O. The van der Waals surface area contributed by atoms with Crippen molar-refractivity contribution >= 4 is 22.5 Å². The molecule has 0 spiro atoms. The minimum atomic E-state index is -0.838. The molecule has 4 aromatic carbocycles. The highest BCUT2D eigenvalue weighted by Crippen LogP contribution is 2.34. The number of ether oxygens (including phenoxy) is 1. The fourth-order valence-electron chi connectivity index (χ4n) is 5.64. The van der Waals surface area contributed by atoms with Crippen molar-refractivity contribution in [2.45, 2.75) is 19.6 Å². The monoisotopic (exact) mass is 568 g/mol. The number of halogens is 2. The first-order chi connectivity index (χ1) is 20.1. The van der Waals surface area contributed by atoms with Crippen LogP contribution in [0.15, 0.2) is 97.2 Å². The molecule has 41 heavy (non-hydrogen) atoms. The van der Waals surface area contributed by atoms with Gasteiger partial charge in [0, 0.05) is 73.7 Å². The highest BCUT2D eigenvalue weighted by molar-refractivity contribution is 6.31. The van der Waals surface area contributed by atoms with Gasteiger partial charge in [0.25, 0.3) is 0 Å². The fraction of sp³-hybridized carbons (Fsp3) is 0.235. The third-order valence-corrected chi connectivity index (χ3v) is 8.30. The molecule has 0 atom stereocenters. The van der Waals surface area contributed by atoms with Crippen molar-refractivity contribution in [3.05, 3.63) is 119 Å². The SMILES string of the molecule is NCc1ccc(-n2cc(-c3ccc(OCF)cc3)c3cc(CN4CCN(Cc5ccccc5Cl)CC4)ccc32)cc1. The van der Waals surface area contributed by atoms with Gasteiger partial charge >= 0.3 is 0 Å². The molecule has 1 fully saturated rings. The summed E-state index contributed by atoms with van der Waals surface area (Å²) in [7, 11) is 0. The number of aromatic nitrogens is 1. The van der Waals surface area contributed by atoms with Gasteiger partial charge in [-0.3, -0.25) is 9.80 Å². The fourth-order valence-corrected chi connectivity index (χ4v) is 5.83. The summed E-state index contributed by atoms with van der Waals surface area (Å²) in [4.78, 5) is 5.00. The molecule has 0 amide bonds. The average molecular weight is 569 g/mol. The van der Waals surface area contributed by atoms with E-state index < -0.39 is 6.86 Å². The van der Waals surface area contributed by atoms with Gasteiger partial charge in [-0.2, -0.15) is 0 Å². The summed E-state index contributed by atoms with van der Waals surface area (Å²) >= 11 is 6.40. The lowest BCUT2D eigenvalue weighted by atomic mass is 10.0. The van der Waals surface area contributed by atoms with E-state index in [4.69, 9.17) is 22.1 Å². The zero-order chi connectivity index (χ0) is 28.2. The molecule has 5 aromatic rings. The molecule has 6 rings (SSSR count). The zero-order valence-corrected chi connectivity index (χ0v) is 23.7. The van der Waals surface area contributed by atoms with Gasteiger partial charge in [0.05, 0.1) is 5.52 Å². The van der Waals surface area contributed by atoms with Gasteiger partial charge in [-0.15, -0.1) is 0 Å². The van der Waals surface area contributed by atoms with Crippen LogP contribution < -0.4 is 10.5 Å². The second-order valence-corrected chi connectivity index (χ2v) is 11.0. The van der Waals surface area contributed by atoms with E-state index >= 15 is 0 Å². The first kappa shape index (κ1) is 27.5. The van der Waals surface area contributed by atoms with Gasteiger partial charge in [0.1, 0.15) is 5.75 Å². The van der Waals surface area contributed by atoms with E-state index in [0.717, 1.165) is 72.2 Å². The molecule has 210 valence electrons. The Balaban J connectivity index is 1.25. The summed E-state index contributed by atoms with van der Waals surface area (Å²) in [6.07, 6.45) is 2.18. The van der Waals surface area contributed by atoms with Crippen LogP contribution in [-0.2, 0) is 19.6 Å². The lowest BCUT2D eigenvalue weighted by Crippen LogP contribution is -2.45. The average Bonchev–Trinajstić information content (AvgIpc) is 3.39. The summed E-state index contributed by atoms with van der Waals surface area (Å²) in [5.74, 6) is 0.520. The van der Waals surface area contributed by atoms with Crippen LogP contribution in [0.4, 0.5) is 4.39 Å². The molecule has 1 aliphatic heterocycles. The number of benzene rings is 4. The molecule has 1 aromatic heterocycles. The van der Waals surface area contributed by atoms with Crippen LogP contribution in [0.3, 0.4) is 0 Å². The van der Waals surface area contributed by atoms with E-state index in [2.05, 4.69) is 75.2 Å². The molecule has 1 saturated heterocycles. The van der Waals surface area contributed by atoms with Gasteiger partial charge in [0.2, 0.25) is 6.86 Å². The number of rotatable bonds is 9. The van der Waals surface area contributed by atoms with Crippen LogP contribution >= 0.6 is 11.6 Å². The molecule has 7 heteroatoms. The molecule has 2 N–H and O–H groups in total. The highest BCUT2D eigenvalue weighted by Gasteiger charge is 2.19. The third-order valence-electron chi connectivity index (χ3n) is 7.93. The van der Waals surface area contributed by atoms with Gasteiger partial charge in [0.15, 0.2) is 0 Å². The molecule has 0 unspecified atom stereocenters. The molecular weight excluding hydrogens is 535 g/mol. The number of piperazine rings is 1. The largest absolute Gasteiger partial charge is 0.463 e. The number of hydrogen-bond donors (Lipinski definition) is 1. The van der Waals surface area contributed by atoms with E-state index in [-0.39, 0.29) is 0 Å². The second-order valence-electron chi connectivity index (χ2n) is 10.6. The quantitative estimate of drug-likeness (QED) is 0.207. The molecule has 0 aliphatic carbocycles. The molecule has 0 bridgehead atoms. The number of hydrogen-bond acceptors (Lipinski definition) is 4. The van der Waals surface area contributed by atoms with Crippen LogP contribution in [0.2, 0.25) is 5.02 Å². The summed E-state index contributed by atoms with van der Waals surface area (Å²) in [6.45, 7) is 5.52. The first-order valence-electron chi connectivity index (χ1n) is 14.0. The van der Waals surface area contributed by atoms with Crippen LogP contribution in [0.25, 0.3) is 27.7 Å². The van der Waals surface area contributed by atoms with Crippen molar-refractivity contribution in [2.75, 3.05) is 33.0 Å². The third kappa shape index (κ3) is 6.16. The van der Waals surface area contributed by atoms with E-state index in [1.165, 1.54) is 16.5 Å². The number of nitrogens with zero attached hydrogens (tertiary/aromatic N) is 3. The topological polar surface area (TPSA) is 46.7 Å². The van der Waals surface area contributed by atoms with E-state index in [1.807, 2.05) is 36.4 Å². The van der Waals surface area contributed by atoms with Crippen LogP contribution in [0, 0.1) is 0 Å². The standard InChI is InChI=1S/C34H34ClFN4O/c35-33-4-2-1-3-28(33)22-39-17-15-38(16-18-39)21-26-7-14-34-31(19-26)32(27-8-12-30(13-9-27)41-24-36)23-40(34)29-10-5-25(20-37)6-11-29/h1-14,19,23H,15-18,20-22,24,37H2. The summed E-state index contributed by atoms with van der Waals surface area (Å²) in [6, 6.07) is 30.9. The number of fused-ring (bicyclic) bond motifs is 1. The van der Waals surface area contributed by atoms with Crippen molar-refractivity contribution in [1.29, 1.82) is 0 Å². The molecule has 2 heterocycles. The Kier molecular flexibility index (Phi) is 8.35. The lowest BCUT2D eigenvalue weighted by molar-refractivity contribution is 0.122. The van der Waals surface area contributed by atoms with Gasteiger partial charge < -0.3 is 15.0 Å². The van der Waals surface area contributed by atoms with E-state index in [0.29, 0.717) is 12.3 Å². The minimum Gasteiger partial charge on any atom is -0.463 e. The molecule has 1 aliphatic rings. The number of nitrogens with two attached hydrogens (primary N) is 1. The van der Waals surface area contributed by atoms with Crippen molar-refractivity contribution < 1.29 is 9.13 Å². The van der Waals surface area contributed by atoms with Gasteiger partial charge in [-0.05, 0) is 64.7 Å². The Morgan fingerprint density at radius 1 is 0.780 bits per heavy atom. The first-order valence-corrected chi connectivity index (χ1v) is 14.4. The van der Waals surface area contributed by atoms with Gasteiger partial charge in [-0.1, -0.05) is 60.1 Å². The second kappa shape index (κ2) is 12.5. The Hall–Kier alpha value is -3.68. The van der Waals surface area contributed by atoms with Crippen molar-refractivity contribution in [1.82, 2.24) is 14.4 Å². The maximum atomic E-state index is 12.7. The maximum Gasteiger partial charge on any atom is 0.228 e. The molecule has 0 saturated carbocycles. The normalized spacial score (nSPS) is 14.5.